The van der Waals surface area contributed by atoms with Crippen LogP contribution in [0.25, 0.3) is 0 Å². The lowest BCUT2D eigenvalue weighted by molar-refractivity contribution is -0.386. The van der Waals surface area contributed by atoms with Crippen molar-refractivity contribution in [2.24, 2.45) is 5.10 Å². The largest absolute Gasteiger partial charge is 0.493 e. The Morgan fingerprint density at radius 2 is 2.14 bits per heavy atom. The van der Waals surface area contributed by atoms with Crippen LogP contribution in [0.15, 0.2) is 22.0 Å². The molecule has 156 valence electrons. The molecule has 0 aliphatic heterocycles. The Bertz CT molecular complexity index is 927. The van der Waals surface area contributed by atoms with E-state index in [-0.39, 0.29) is 23.0 Å². The molecule has 0 fully saturated rings. The van der Waals surface area contributed by atoms with Gasteiger partial charge in [0.25, 0.3) is 0 Å². The van der Waals surface area contributed by atoms with E-state index in [1.165, 1.54) is 19.4 Å². The number of rotatable bonds is 11. The third-order valence-electron chi connectivity index (χ3n) is 3.98. The molecular formula is C18H24N6O5. The van der Waals surface area contributed by atoms with Crippen LogP contribution in [-0.4, -0.2) is 40.0 Å². The Morgan fingerprint density at radius 1 is 1.34 bits per heavy atom. The number of nitro groups is 1. The van der Waals surface area contributed by atoms with Gasteiger partial charge in [0.05, 0.1) is 24.9 Å². The number of methoxy groups -OCH3 is 1. The van der Waals surface area contributed by atoms with E-state index in [9.17, 15) is 14.9 Å². The topological polar surface area (TPSA) is 145 Å². The Kier molecular flexibility index (Phi) is 8.07. The summed E-state index contributed by atoms with van der Waals surface area (Å²) in [5.41, 5.74) is 2.61. The van der Waals surface area contributed by atoms with Crippen LogP contribution in [0.5, 0.6) is 11.5 Å². The van der Waals surface area contributed by atoms with E-state index in [1.54, 1.807) is 13.0 Å². The monoisotopic (exact) mass is 404 g/mol. The van der Waals surface area contributed by atoms with E-state index in [1.807, 2.05) is 0 Å². The zero-order valence-corrected chi connectivity index (χ0v) is 16.6. The smallest absolute Gasteiger partial charge is 0.363 e. The van der Waals surface area contributed by atoms with Gasteiger partial charge in [-0.25, -0.2) is 9.89 Å². The van der Waals surface area contributed by atoms with E-state index >= 15 is 0 Å². The van der Waals surface area contributed by atoms with Gasteiger partial charge >= 0.3 is 11.4 Å². The molecule has 0 amide bonds. The second-order valence-corrected chi connectivity index (χ2v) is 6.18. The maximum absolute atomic E-state index is 11.5. The molecule has 0 atom stereocenters. The summed E-state index contributed by atoms with van der Waals surface area (Å²) >= 11 is 0. The summed E-state index contributed by atoms with van der Waals surface area (Å²) < 4.78 is 10.9. The van der Waals surface area contributed by atoms with Gasteiger partial charge in [0.15, 0.2) is 11.6 Å². The molecule has 0 saturated carbocycles. The average molecular weight is 404 g/mol. The zero-order valence-electron chi connectivity index (χ0n) is 16.6. The number of nitrogens with one attached hydrogen (secondary N) is 2. The number of benzene rings is 1. The molecule has 11 heteroatoms. The van der Waals surface area contributed by atoms with Gasteiger partial charge in [-0.15, -0.1) is 0 Å². The number of aromatic amines is 1. The fourth-order valence-corrected chi connectivity index (χ4v) is 2.48. The van der Waals surface area contributed by atoms with E-state index < -0.39 is 10.6 Å². The van der Waals surface area contributed by atoms with Gasteiger partial charge in [0.2, 0.25) is 5.75 Å². The lowest BCUT2D eigenvalue weighted by Crippen LogP contribution is -2.15. The number of hydrazone groups is 1. The highest BCUT2D eigenvalue weighted by Crippen LogP contribution is 2.38. The van der Waals surface area contributed by atoms with Gasteiger partial charge in [0, 0.05) is 11.6 Å². The Morgan fingerprint density at radius 3 is 2.83 bits per heavy atom. The van der Waals surface area contributed by atoms with Gasteiger partial charge in [0.1, 0.15) is 5.69 Å². The van der Waals surface area contributed by atoms with Crippen molar-refractivity contribution in [3.63, 3.8) is 0 Å². The second-order valence-electron chi connectivity index (χ2n) is 6.18. The molecular weight excluding hydrogens is 380 g/mol. The molecule has 2 N–H and O–H groups in total. The van der Waals surface area contributed by atoms with Crippen molar-refractivity contribution in [1.82, 2.24) is 15.2 Å². The van der Waals surface area contributed by atoms with Crippen LogP contribution in [0, 0.1) is 17.0 Å². The van der Waals surface area contributed by atoms with Crippen LogP contribution < -0.4 is 20.6 Å². The normalized spacial score (nSPS) is 10.9. The number of aryl methyl sites for hydroxylation is 1. The quantitative estimate of drug-likeness (QED) is 0.252. The first kappa shape index (κ1) is 21.8. The minimum absolute atomic E-state index is 0.0930. The first-order chi connectivity index (χ1) is 14.0. The van der Waals surface area contributed by atoms with Crippen molar-refractivity contribution in [1.29, 1.82) is 0 Å². The Labute approximate surface area is 167 Å². The molecule has 2 rings (SSSR count). The predicted molar refractivity (Wildman–Crippen MR) is 108 cm³/mol. The molecule has 2 aromatic rings. The molecule has 0 aliphatic rings. The van der Waals surface area contributed by atoms with Crippen LogP contribution in [0.4, 0.5) is 11.5 Å². The van der Waals surface area contributed by atoms with Gasteiger partial charge in [-0.3, -0.25) is 15.5 Å². The predicted octanol–water partition coefficient (Wildman–Crippen LogP) is 2.80. The van der Waals surface area contributed by atoms with E-state index in [0.29, 0.717) is 17.9 Å². The van der Waals surface area contributed by atoms with Crippen LogP contribution >= 0.6 is 0 Å². The van der Waals surface area contributed by atoms with Crippen molar-refractivity contribution in [3.8, 4) is 11.5 Å². The fraction of sp³-hybridized carbons (Fsp3) is 0.444. The number of hydrogen-bond donors (Lipinski definition) is 2. The number of ether oxygens (including phenoxy) is 2. The number of anilines is 1. The SMILES string of the molecule is CCCCCCOc1c(OC)cc(/C=N/Nc2nc(=O)[nH]nc2C)cc1[N+](=O)[O-]. The molecule has 0 aliphatic carbocycles. The first-order valence-corrected chi connectivity index (χ1v) is 9.17. The first-order valence-electron chi connectivity index (χ1n) is 9.17. The summed E-state index contributed by atoms with van der Waals surface area (Å²) in [5.74, 6) is 0.511. The molecule has 1 heterocycles. The lowest BCUT2D eigenvalue weighted by atomic mass is 10.1. The van der Waals surface area contributed by atoms with Crippen LogP contribution in [-0.2, 0) is 0 Å². The molecule has 0 bridgehead atoms. The highest BCUT2D eigenvalue weighted by Gasteiger charge is 2.22. The van der Waals surface area contributed by atoms with E-state index in [2.05, 4.69) is 32.6 Å². The number of hydrogen-bond acceptors (Lipinski definition) is 9. The molecule has 0 spiro atoms. The number of H-pyrrole nitrogens is 1. The molecule has 11 nitrogen and oxygen atoms in total. The number of nitro benzene ring substituents is 1. The van der Waals surface area contributed by atoms with Crippen LogP contribution in [0.2, 0.25) is 0 Å². The van der Waals surface area contributed by atoms with E-state index in [4.69, 9.17) is 9.47 Å². The maximum Gasteiger partial charge on any atom is 0.363 e. The minimum Gasteiger partial charge on any atom is -0.493 e. The van der Waals surface area contributed by atoms with Gasteiger partial charge in [-0.2, -0.15) is 15.2 Å². The molecule has 1 aromatic heterocycles. The summed E-state index contributed by atoms with van der Waals surface area (Å²) in [6.45, 7) is 4.11. The lowest BCUT2D eigenvalue weighted by Gasteiger charge is -2.12. The van der Waals surface area contributed by atoms with Gasteiger partial charge in [-0.1, -0.05) is 26.2 Å². The third-order valence-corrected chi connectivity index (χ3v) is 3.98. The molecule has 0 unspecified atom stereocenters. The Balaban J connectivity index is 2.20. The van der Waals surface area contributed by atoms with Gasteiger partial charge < -0.3 is 9.47 Å². The number of aromatic nitrogens is 3. The Hall–Kier alpha value is -3.50. The summed E-state index contributed by atoms with van der Waals surface area (Å²) in [6, 6.07) is 2.92. The van der Waals surface area contributed by atoms with Crippen molar-refractivity contribution in [2.75, 3.05) is 19.1 Å². The summed E-state index contributed by atoms with van der Waals surface area (Å²) in [6.07, 6.45) is 5.32. The summed E-state index contributed by atoms with van der Waals surface area (Å²) in [4.78, 5) is 25.9. The van der Waals surface area contributed by atoms with E-state index in [0.717, 1.165) is 25.7 Å². The maximum atomic E-state index is 11.5. The summed E-state index contributed by atoms with van der Waals surface area (Å²) in [7, 11) is 1.41. The zero-order chi connectivity index (χ0) is 21.2. The summed E-state index contributed by atoms with van der Waals surface area (Å²) in [5, 5.41) is 21.4. The van der Waals surface area contributed by atoms with Crippen molar-refractivity contribution in [2.45, 2.75) is 39.5 Å². The standard InChI is InChI=1S/C18H24N6O5/c1-4-5-6-7-8-29-16-14(24(26)27)9-13(10-15(16)28-3)11-19-22-17-12(2)21-23-18(25)20-17/h9-11H,4-8H2,1-3H3,(H2,20,22,23,25)/b19-11+. The van der Waals surface area contributed by atoms with Crippen LogP contribution in [0.1, 0.15) is 43.9 Å². The van der Waals surface area contributed by atoms with Crippen molar-refractivity contribution < 1.29 is 14.4 Å². The molecule has 29 heavy (non-hydrogen) atoms. The number of nitrogens with zero attached hydrogens (tertiary/aromatic N) is 4. The van der Waals surface area contributed by atoms with Crippen molar-refractivity contribution in [3.05, 3.63) is 44.0 Å². The highest BCUT2D eigenvalue weighted by molar-refractivity contribution is 5.83. The van der Waals surface area contributed by atoms with Gasteiger partial charge in [-0.05, 0) is 19.4 Å². The highest BCUT2D eigenvalue weighted by atomic mass is 16.6. The van der Waals surface area contributed by atoms with Crippen LogP contribution in [0.3, 0.4) is 0 Å². The van der Waals surface area contributed by atoms with Crippen molar-refractivity contribution >= 4 is 17.7 Å². The third kappa shape index (κ3) is 6.26. The minimum atomic E-state index is -0.619. The average Bonchev–Trinajstić information content (AvgIpc) is 2.70. The molecule has 0 saturated heterocycles. The number of unbranched alkanes of at least 4 members (excludes halogenated alkanes) is 3. The molecule has 1 aromatic carbocycles. The fourth-order valence-electron chi connectivity index (χ4n) is 2.48. The second kappa shape index (κ2) is 10.7. The molecule has 0 radical (unpaired) electrons.